The number of rotatable bonds is 6. The van der Waals surface area contributed by atoms with Crippen LogP contribution in [0.1, 0.15) is 24.0 Å². The number of halogens is 1. The Morgan fingerprint density at radius 2 is 1.93 bits per heavy atom. The van der Waals surface area contributed by atoms with Crippen molar-refractivity contribution in [2.24, 2.45) is 0 Å². The first-order valence-corrected chi connectivity index (χ1v) is 6.65. The van der Waals surface area contributed by atoms with Gasteiger partial charge in [-0.2, -0.15) is 0 Å². The quantitative estimate of drug-likeness (QED) is 0.564. The van der Waals surface area contributed by atoms with Crippen LogP contribution in [0.2, 0.25) is 0 Å². The molecule has 0 spiro atoms. The third-order valence-corrected chi connectivity index (χ3v) is 3.19. The van der Waals surface area contributed by atoms with E-state index >= 15 is 0 Å². The third kappa shape index (κ3) is 4.80. The van der Waals surface area contributed by atoms with Gasteiger partial charge in [0.05, 0.1) is 0 Å². The average Bonchev–Trinajstić information content (AvgIpc) is 2.22. The number of alkyl halides is 1. The molecule has 0 radical (unpaired) electrons. The molecule has 84 valence electrons. The molecular formula is C13H20BrN. The number of aryl methyl sites for hydroxylation is 1. The van der Waals surface area contributed by atoms with Gasteiger partial charge in [0.25, 0.3) is 0 Å². The highest BCUT2D eigenvalue weighted by molar-refractivity contribution is 9.09. The van der Waals surface area contributed by atoms with E-state index < -0.39 is 0 Å². The number of nitrogens with zero attached hydrogens (tertiary/aromatic N) is 1. The van der Waals surface area contributed by atoms with Crippen molar-refractivity contribution in [1.82, 2.24) is 4.90 Å². The zero-order chi connectivity index (χ0) is 11.1. The standard InChI is InChI=1S/C13H20BrN/c1-12-7-3-4-8-13(12)11-15(2)10-6-5-9-14/h3-4,7-8H,5-6,9-11H2,1-2H3. The smallest absolute Gasteiger partial charge is 0.0233 e. The van der Waals surface area contributed by atoms with Crippen molar-refractivity contribution in [3.05, 3.63) is 35.4 Å². The van der Waals surface area contributed by atoms with E-state index in [-0.39, 0.29) is 0 Å². The Bertz CT molecular complexity index is 286. The molecule has 0 saturated heterocycles. The zero-order valence-corrected chi connectivity index (χ0v) is 11.3. The lowest BCUT2D eigenvalue weighted by molar-refractivity contribution is 0.320. The molecule has 0 aliphatic rings. The lowest BCUT2D eigenvalue weighted by Gasteiger charge is -2.17. The van der Waals surface area contributed by atoms with Gasteiger partial charge < -0.3 is 4.90 Å². The number of benzene rings is 1. The van der Waals surface area contributed by atoms with Crippen LogP contribution in [0.3, 0.4) is 0 Å². The minimum absolute atomic E-state index is 1.06. The number of unbranched alkanes of at least 4 members (excludes halogenated alkanes) is 1. The van der Waals surface area contributed by atoms with Crippen molar-refractivity contribution >= 4 is 15.9 Å². The third-order valence-electron chi connectivity index (χ3n) is 2.62. The Morgan fingerprint density at radius 1 is 1.20 bits per heavy atom. The summed E-state index contributed by atoms with van der Waals surface area (Å²) in [5, 5.41) is 1.12. The molecule has 0 unspecified atom stereocenters. The van der Waals surface area contributed by atoms with Crippen molar-refractivity contribution in [2.45, 2.75) is 26.3 Å². The van der Waals surface area contributed by atoms with Gasteiger partial charge in [0, 0.05) is 11.9 Å². The highest BCUT2D eigenvalue weighted by Gasteiger charge is 2.01. The molecule has 1 nitrogen and oxygen atoms in total. The van der Waals surface area contributed by atoms with E-state index in [0.29, 0.717) is 0 Å². The maximum atomic E-state index is 3.46. The molecule has 0 bridgehead atoms. The molecule has 0 saturated carbocycles. The molecule has 1 aromatic rings. The second-order valence-corrected chi connectivity index (χ2v) is 4.85. The van der Waals surface area contributed by atoms with Gasteiger partial charge in [0.2, 0.25) is 0 Å². The van der Waals surface area contributed by atoms with Crippen LogP contribution in [0.15, 0.2) is 24.3 Å². The monoisotopic (exact) mass is 269 g/mol. The van der Waals surface area contributed by atoms with Crippen molar-refractivity contribution in [3.63, 3.8) is 0 Å². The zero-order valence-electron chi connectivity index (χ0n) is 9.67. The molecule has 0 amide bonds. The van der Waals surface area contributed by atoms with Gasteiger partial charge in [-0.15, -0.1) is 0 Å². The van der Waals surface area contributed by atoms with Crippen LogP contribution >= 0.6 is 15.9 Å². The summed E-state index contributed by atoms with van der Waals surface area (Å²) in [7, 11) is 2.20. The minimum atomic E-state index is 1.06. The summed E-state index contributed by atoms with van der Waals surface area (Å²) in [6, 6.07) is 8.62. The van der Waals surface area contributed by atoms with E-state index in [1.807, 2.05) is 0 Å². The number of hydrogen-bond acceptors (Lipinski definition) is 1. The highest BCUT2D eigenvalue weighted by Crippen LogP contribution is 2.09. The first-order valence-electron chi connectivity index (χ1n) is 5.53. The van der Waals surface area contributed by atoms with Crippen molar-refractivity contribution in [3.8, 4) is 0 Å². The van der Waals surface area contributed by atoms with E-state index in [9.17, 15) is 0 Å². The summed E-state index contributed by atoms with van der Waals surface area (Å²) < 4.78 is 0. The predicted octanol–water partition coefficient (Wildman–Crippen LogP) is 3.60. The van der Waals surface area contributed by atoms with E-state index in [2.05, 4.69) is 59.1 Å². The van der Waals surface area contributed by atoms with Gasteiger partial charge in [0.15, 0.2) is 0 Å². The lowest BCUT2D eigenvalue weighted by Crippen LogP contribution is -2.19. The van der Waals surface area contributed by atoms with Crippen LogP contribution in [0.25, 0.3) is 0 Å². The number of hydrogen-bond donors (Lipinski definition) is 0. The van der Waals surface area contributed by atoms with Gasteiger partial charge in [-0.3, -0.25) is 0 Å². The Hall–Kier alpha value is -0.340. The molecule has 15 heavy (non-hydrogen) atoms. The van der Waals surface area contributed by atoms with E-state index in [4.69, 9.17) is 0 Å². The fraction of sp³-hybridized carbons (Fsp3) is 0.538. The highest BCUT2D eigenvalue weighted by atomic mass is 79.9. The molecule has 0 N–H and O–H groups in total. The Labute approximate surface area is 102 Å². The second-order valence-electron chi connectivity index (χ2n) is 4.06. The van der Waals surface area contributed by atoms with Gasteiger partial charge in [-0.25, -0.2) is 0 Å². The predicted molar refractivity (Wildman–Crippen MR) is 70.5 cm³/mol. The maximum Gasteiger partial charge on any atom is 0.0233 e. The average molecular weight is 270 g/mol. The van der Waals surface area contributed by atoms with Crippen molar-refractivity contribution in [2.75, 3.05) is 18.9 Å². The molecule has 1 rings (SSSR count). The molecule has 1 aromatic carbocycles. The summed E-state index contributed by atoms with van der Waals surface area (Å²) in [6.45, 7) is 4.43. The summed E-state index contributed by atoms with van der Waals surface area (Å²) in [4.78, 5) is 2.39. The van der Waals surface area contributed by atoms with E-state index in [0.717, 1.165) is 11.9 Å². The molecule has 0 heterocycles. The SMILES string of the molecule is Cc1ccccc1CN(C)CCCCBr. The van der Waals surface area contributed by atoms with Crippen LogP contribution in [-0.4, -0.2) is 23.8 Å². The van der Waals surface area contributed by atoms with Crippen molar-refractivity contribution < 1.29 is 0 Å². The lowest BCUT2D eigenvalue weighted by atomic mass is 10.1. The molecule has 0 aliphatic heterocycles. The first-order chi connectivity index (χ1) is 7.24. The van der Waals surface area contributed by atoms with Gasteiger partial charge in [0.1, 0.15) is 0 Å². The van der Waals surface area contributed by atoms with Crippen LogP contribution in [-0.2, 0) is 6.54 Å². The topological polar surface area (TPSA) is 3.24 Å². The maximum absolute atomic E-state index is 3.46. The fourth-order valence-corrected chi connectivity index (χ4v) is 2.03. The molecule has 0 aromatic heterocycles. The Kier molecular flexibility index (Phi) is 5.96. The second kappa shape index (κ2) is 7.02. The summed E-state index contributed by atoms with van der Waals surface area (Å²) in [6.07, 6.45) is 2.53. The van der Waals surface area contributed by atoms with Crippen LogP contribution in [0.4, 0.5) is 0 Å². The van der Waals surface area contributed by atoms with Gasteiger partial charge in [-0.1, -0.05) is 40.2 Å². The summed E-state index contributed by atoms with van der Waals surface area (Å²) >= 11 is 3.46. The largest absolute Gasteiger partial charge is 0.302 e. The van der Waals surface area contributed by atoms with Crippen LogP contribution in [0, 0.1) is 6.92 Å². The van der Waals surface area contributed by atoms with Gasteiger partial charge in [-0.05, 0) is 44.5 Å². The molecule has 0 atom stereocenters. The van der Waals surface area contributed by atoms with Crippen LogP contribution < -0.4 is 0 Å². The Balaban J connectivity index is 2.37. The van der Waals surface area contributed by atoms with Gasteiger partial charge >= 0.3 is 0 Å². The summed E-state index contributed by atoms with van der Waals surface area (Å²) in [5.41, 5.74) is 2.84. The minimum Gasteiger partial charge on any atom is -0.302 e. The summed E-state index contributed by atoms with van der Waals surface area (Å²) in [5.74, 6) is 0. The van der Waals surface area contributed by atoms with Crippen molar-refractivity contribution in [1.29, 1.82) is 0 Å². The molecule has 0 fully saturated rings. The normalized spacial score (nSPS) is 10.9. The van der Waals surface area contributed by atoms with E-state index in [1.165, 1.54) is 30.5 Å². The Morgan fingerprint density at radius 3 is 2.60 bits per heavy atom. The molecule has 0 aliphatic carbocycles. The molecule has 2 heteroatoms. The van der Waals surface area contributed by atoms with Crippen LogP contribution in [0.5, 0.6) is 0 Å². The first kappa shape index (κ1) is 12.7. The van der Waals surface area contributed by atoms with E-state index in [1.54, 1.807) is 0 Å². The molecular weight excluding hydrogens is 250 g/mol. The fourth-order valence-electron chi connectivity index (χ4n) is 1.63.